The summed E-state index contributed by atoms with van der Waals surface area (Å²) in [5.74, 6) is -5.92. The van der Waals surface area contributed by atoms with Gasteiger partial charge in [0.15, 0.2) is 0 Å². The van der Waals surface area contributed by atoms with Gasteiger partial charge in [0.05, 0.1) is 11.8 Å². The highest BCUT2D eigenvalue weighted by Gasteiger charge is 2.83. The second-order valence-electron chi connectivity index (χ2n) is 21.7. The minimum atomic E-state index is -6.40. The van der Waals surface area contributed by atoms with Gasteiger partial charge >= 0.3 is 18.3 Å². The molecule has 0 nitrogen and oxygen atoms in total. The van der Waals surface area contributed by atoms with Crippen LogP contribution in [0.2, 0.25) is 0 Å². The minimum absolute atomic E-state index is 0.146. The monoisotopic (exact) mass is 1030 g/mol. The molecule has 0 radical (unpaired) electrons. The molecule has 0 amide bonds. The molecule has 0 bridgehead atoms. The summed E-state index contributed by atoms with van der Waals surface area (Å²) >= 11 is 0. The first-order chi connectivity index (χ1) is 34.9. The van der Waals surface area contributed by atoms with Gasteiger partial charge in [-0.25, -0.2) is 0 Å². The van der Waals surface area contributed by atoms with Crippen LogP contribution in [0.5, 0.6) is 0 Å². The standard InChI is InChI=1S/C65H94F8/c1-8-15-20-23-24-31-41-54-51-60(52-63(66,67)68,64(69,70)65(71,72)73)58(14-7,46-13-6)59(47-19-12-5,48-36-18-11-4)62(50-38-22-17-10-3,56-44-34-35-45-56)61(49-37-27-21-16-9-2,55-42-32-28-33-43-55)57(54)53-39-29-25-26-30-40-53/h13-14,19,31,36-39,41-42,44,46-50H,7-12,15-18,20-30,32-35,40,43,45,51-52H2,1-6H3. The van der Waals surface area contributed by atoms with Gasteiger partial charge in [0, 0.05) is 21.7 Å². The third-order valence-corrected chi connectivity index (χ3v) is 16.8. The van der Waals surface area contributed by atoms with Crippen LogP contribution in [0.4, 0.5) is 35.1 Å². The van der Waals surface area contributed by atoms with Crippen LogP contribution in [0.3, 0.4) is 0 Å². The minimum Gasteiger partial charge on any atom is -0.196 e. The maximum Gasteiger partial charge on any atom is 0.453 e. The molecule has 4 aliphatic carbocycles. The fourth-order valence-corrected chi connectivity index (χ4v) is 13.7. The summed E-state index contributed by atoms with van der Waals surface area (Å²) in [7, 11) is 0. The highest BCUT2D eigenvalue weighted by atomic mass is 19.4. The van der Waals surface area contributed by atoms with E-state index in [0.29, 0.717) is 82.6 Å². The Kier molecular flexibility index (Phi) is 24.4. The molecule has 0 aliphatic heterocycles. The topological polar surface area (TPSA) is 0 Å². The molecule has 0 heterocycles. The predicted molar refractivity (Wildman–Crippen MR) is 293 cm³/mol. The van der Waals surface area contributed by atoms with Crippen molar-refractivity contribution < 1.29 is 35.1 Å². The third kappa shape index (κ3) is 13.1. The molecular formula is C65H94F8. The molecule has 0 aromatic rings. The van der Waals surface area contributed by atoms with Crippen molar-refractivity contribution in [1.82, 2.24) is 0 Å². The third-order valence-electron chi connectivity index (χ3n) is 16.8. The fraction of sp³-hybridized carbons (Fsp3) is 0.662. The molecule has 0 N–H and O–H groups in total. The number of hydrogen-bond donors (Lipinski definition) is 0. The summed E-state index contributed by atoms with van der Waals surface area (Å²) in [5, 5.41) is 0. The molecular weight excluding hydrogens is 933 g/mol. The van der Waals surface area contributed by atoms with Crippen LogP contribution in [0, 0.1) is 27.1 Å². The molecule has 0 spiro atoms. The average molecular weight is 1030 g/mol. The number of hydrogen-bond acceptors (Lipinski definition) is 0. The molecule has 0 saturated carbocycles. The molecule has 4 rings (SSSR count). The van der Waals surface area contributed by atoms with E-state index in [1.165, 1.54) is 12.2 Å². The first-order valence-electron chi connectivity index (χ1n) is 28.9. The van der Waals surface area contributed by atoms with Crippen molar-refractivity contribution in [2.24, 2.45) is 27.1 Å². The van der Waals surface area contributed by atoms with Crippen LogP contribution in [0.25, 0.3) is 0 Å². The van der Waals surface area contributed by atoms with Crippen LogP contribution in [0.15, 0.2) is 132 Å². The lowest BCUT2D eigenvalue weighted by Crippen LogP contribution is -2.70. The predicted octanol–water partition coefficient (Wildman–Crippen LogP) is 22.8. The van der Waals surface area contributed by atoms with Gasteiger partial charge in [-0.2, -0.15) is 35.1 Å². The SMILES string of the molecule is C=CC1(C=CC)C(C=CCC)(C=CCCC)C(C=CCCCC)(C2=CCCC2)C(C=CCCCCC)(C2=CCCCC2)C(C2=CCCCCC2)=C(C=CCCCCCC)CC1(CC(F)(F)F)C(F)(F)C(F)(F)F. The maximum absolute atomic E-state index is 18.7. The van der Waals surface area contributed by atoms with Crippen LogP contribution in [-0.4, -0.2) is 18.3 Å². The van der Waals surface area contributed by atoms with Gasteiger partial charge in [-0.1, -0.05) is 201 Å². The number of unbranched alkanes of at least 4 members (excludes halogenated alkanes) is 10. The summed E-state index contributed by atoms with van der Waals surface area (Å²) in [6, 6.07) is 0. The van der Waals surface area contributed by atoms with Crippen molar-refractivity contribution >= 4 is 0 Å². The second-order valence-corrected chi connectivity index (χ2v) is 21.7. The molecule has 0 saturated heterocycles. The van der Waals surface area contributed by atoms with E-state index in [1.807, 2.05) is 44.2 Å². The Bertz CT molecular complexity index is 2040. The van der Waals surface area contributed by atoms with E-state index in [2.05, 4.69) is 69.9 Å². The van der Waals surface area contributed by atoms with Crippen LogP contribution >= 0.6 is 0 Å². The van der Waals surface area contributed by atoms with E-state index < -0.39 is 58.2 Å². The highest BCUT2D eigenvalue weighted by molar-refractivity contribution is 5.64. The van der Waals surface area contributed by atoms with E-state index in [0.717, 1.165) is 119 Å². The van der Waals surface area contributed by atoms with E-state index in [4.69, 9.17) is 0 Å². The lowest BCUT2D eigenvalue weighted by molar-refractivity contribution is -0.361. The van der Waals surface area contributed by atoms with Gasteiger partial charge in [0.1, 0.15) is 0 Å². The van der Waals surface area contributed by atoms with E-state index in [9.17, 15) is 0 Å². The van der Waals surface area contributed by atoms with Gasteiger partial charge in [0.25, 0.3) is 0 Å². The second kappa shape index (κ2) is 28.6. The fourth-order valence-electron chi connectivity index (χ4n) is 13.7. The van der Waals surface area contributed by atoms with Crippen molar-refractivity contribution in [3.63, 3.8) is 0 Å². The van der Waals surface area contributed by atoms with Gasteiger partial charge in [-0.15, -0.1) is 6.58 Å². The number of halogens is 8. The van der Waals surface area contributed by atoms with Gasteiger partial charge in [0.2, 0.25) is 0 Å². The Morgan fingerprint density at radius 1 is 0.548 bits per heavy atom. The molecule has 8 heteroatoms. The Labute approximate surface area is 438 Å². The summed E-state index contributed by atoms with van der Waals surface area (Å²) in [4.78, 5) is 0. The number of allylic oxidation sites excluding steroid dienone is 21. The highest BCUT2D eigenvalue weighted by Crippen LogP contribution is 2.81. The Balaban J connectivity index is 2.79. The van der Waals surface area contributed by atoms with Crippen LogP contribution in [-0.2, 0) is 0 Å². The zero-order valence-corrected chi connectivity index (χ0v) is 46.0. The molecule has 4 aliphatic rings. The van der Waals surface area contributed by atoms with Gasteiger partial charge < -0.3 is 0 Å². The summed E-state index contributed by atoms with van der Waals surface area (Å²) in [6.45, 7) is 16.1. The summed E-state index contributed by atoms with van der Waals surface area (Å²) < 4.78 is 136. The van der Waals surface area contributed by atoms with Crippen molar-refractivity contribution in [3.8, 4) is 0 Å². The Morgan fingerprint density at radius 2 is 1.14 bits per heavy atom. The molecule has 5 atom stereocenters. The Morgan fingerprint density at radius 3 is 1.75 bits per heavy atom. The normalized spacial score (nSPS) is 28.5. The first-order valence-corrected chi connectivity index (χ1v) is 28.9. The van der Waals surface area contributed by atoms with Crippen molar-refractivity contribution in [1.29, 1.82) is 0 Å². The number of rotatable bonds is 27. The van der Waals surface area contributed by atoms with E-state index in [1.54, 1.807) is 13.0 Å². The summed E-state index contributed by atoms with van der Waals surface area (Å²) in [6.07, 6.45) is 34.8. The van der Waals surface area contributed by atoms with Gasteiger partial charge in [-0.05, 0) is 146 Å². The molecule has 410 valence electrons. The molecule has 0 aromatic heterocycles. The lowest BCUT2D eigenvalue weighted by Gasteiger charge is -2.70. The molecule has 0 aromatic carbocycles. The smallest absolute Gasteiger partial charge is 0.196 e. The Hall–Kier alpha value is -3.42. The van der Waals surface area contributed by atoms with Crippen LogP contribution in [0.1, 0.15) is 228 Å². The zero-order chi connectivity index (χ0) is 53.7. The quantitative estimate of drug-likeness (QED) is 0.0437. The molecule has 0 fully saturated rings. The summed E-state index contributed by atoms with van der Waals surface area (Å²) in [5.41, 5.74) is -8.09. The van der Waals surface area contributed by atoms with Crippen molar-refractivity contribution in [2.45, 2.75) is 246 Å². The number of alkyl halides is 8. The lowest BCUT2D eigenvalue weighted by atomic mass is 9.31. The molecule has 5 unspecified atom stereocenters. The van der Waals surface area contributed by atoms with Crippen LogP contribution < -0.4 is 0 Å². The largest absolute Gasteiger partial charge is 0.453 e. The van der Waals surface area contributed by atoms with Gasteiger partial charge in [-0.3, -0.25) is 0 Å². The maximum atomic E-state index is 18.7. The first kappa shape index (κ1) is 62.1. The van der Waals surface area contributed by atoms with E-state index >= 15 is 35.1 Å². The van der Waals surface area contributed by atoms with Crippen molar-refractivity contribution in [2.75, 3.05) is 0 Å². The van der Waals surface area contributed by atoms with Crippen molar-refractivity contribution in [3.05, 3.63) is 132 Å². The molecule has 73 heavy (non-hydrogen) atoms. The average Bonchev–Trinajstić information content (AvgIpc) is 3.77. The zero-order valence-electron chi connectivity index (χ0n) is 46.0. The van der Waals surface area contributed by atoms with E-state index in [-0.39, 0.29) is 5.57 Å².